The van der Waals surface area contributed by atoms with Crippen LogP contribution in [0.1, 0.15) is 19.8 Å². The first-order chi connectivity index (χ1) is 7.61. The van der Waals surface area contributed by atoms with E-state index in [1.165, 1.54) is 6.20 Å². The monoisotopic (exact) mass is 226 g/mol. The maximum Gasteiger partial charge on any atom is 0.350 e. The summed E-state index contributed by atoms with van der Waals surface area (Å²) < 4.78 is 4.63. The molecule has 6 nitrogen and oxygen atoms in total. The van der Waals surface area contributed by atoms with Crippen molar-refractivity contribution < 1.29 is 19.4 Å². The van der Waals surface area contributed by atoms with Gasteiger partial charge in [-0.1, -0.05) is 0 Å². The molecule has 2 N–H and O–H groups in total. The molecule has 0 rings (SSSR count). The molecule has 0 spiro atoms. The van der Waals surface area contributed by atoms with Crippen LogP contribution in [0.15, 0.2) is 11.8 Å². The zero-order valence-corrected chi connectivity index (χ0v) is 9.02. The third kappa shape index (κ3) is 6.43. The van der Waals surface area contributed by atoms with Crippen LogP contribution in [0.4, 0.5) is 0 Å². The van der Waals surface area contributed by atoms with E-state index in [1.54, 1.807) is 13.0 Å². The van der Waals surface area contributed by atoms with E-state index in [0.717, 1.165) is 0 Å². The second-order valence-corrected chi connectivity index (χ2v) is 2.84. The Kier molecular flexibility index (Phi) is 7.24. The second-order valence-electron chi connectivity index (χ2n) is 2.84. The molecule has 0 amide bonds. The first-order valence-corrected chi connectivity index (χ1v) is 4.84. The van der Waals surface area contributed by atoms with Crippen molar-refractivity contribution in [3.63, 3.8) is 0 Å². The number of hydrogen-bond acceptors (Lipinski definition) is 5. The molecule has 0 aromatic heterocycles. The molecular formula is C10H14N2O4. The molecule has 0 unspecified atom stereocenters. The quantitative estimate of drug-likeness (QED) is 0.282. The van der Waals surface area contributed by atoms with Crippen LogP contribution in [0, 0.1) is 11.3 Å². The number of carbonyl (C=O) groups excluding carboxylic acids is 1. The Balaban J connectivity index is 3.95. The van der Waals surface area contributed by atoms with Gasteiger partial charge >= 0.3 is 11.9 Å². The maximum atomic E-state index is 11.1. The Morgan fingerprint density at radius 3 is 2.75 bits per heavy atom. The second kappa shape index (κ2) is 8.29. The highest BCUT2D eigenvalue weighted by atomic mass is 16.5. The zero-order valence-electron chi connectivity index (χ0n) is 9.02. The van der Waals surface area contributed by atoms with E-state index in [0.29, 0.717) is 13.0 Å². The van der Waals surface area contributed by atoms with Crippen LogP contribution in [-0.4, -0.2) is 30.2 Å². The van der Waals surface area contributed by atoms with Crippen LogP contribution in [-0.2, 0) is 14.3 Å². The van der Waals surface area contributed by atoms with Crippen LogP contribution in [0.5, 0.6) is 0 Å². The minimum absolute atomic E-state index is 0.0438. The van der Waals surface area contributed by atoms with Gasteiger partial charge in [0.15, 0.2) is 5.57 Å². The predicted octanol–water partition coefficient (Wildman–Crippen LogP) is 0.411. The Labute approximate surface area is 93.5 Å². The number of ether oxygens (including phenoxy) is 1. The van der Waals surface area contributed by atoms with Gasteiger partial charge in [0.1, 0.15) is 6.07 Å². The largest absolute Gasteiger partial charge is 0.481 e. The van der Waals surface area contributed by atoms with Crippen LogP contribution in [0.2, 0.25) is 0 Å². The molecule has 0 atom stereocenters. The number of carboxylic acid groups (broad SMARTS) is 1. The number of carbonyl (C=O) groups is 2. The van der Waals surface area contributed by atoms with Crippen molar-refractivity contribution in [2.75, 3.05) is 13.2 Å². The lowest BCUT2D eigenvalue weighted by Crippen LogP contribution is -2.14. The summed E-state index contributed by atoms with van der Waals surface area (Å²) in [5.74, 6) is -1.56. The molecule has 0 aliphatic carbocycles. The Hall–Kier alpha value is -2.03. The number of rotatable bonds is 7. The van der Waals surface area contributed by atoms with Gasteiger partial charge in [-0.2, -0.15) is 5.26 Å². The molecule has 6 heteroatoms. The summed E-state index contributed by atoms with van der Waals surface area (Å²) in [6.45, 7) is 2.24. The van der Waals surface area contributed by atoms with Crippen LogP contribution < -0.4 is 5.32 Å². The number of nitrogens with one attached hydrogen (secondary N) is 1. The fourth-order valence-corrected chi connectivity index (χ4v) is 0.862. The van der Waals surface area contributed by atoms with Gasteiger partial charge in [-0.05, 0) is 13.3 Å². The number of aliphatic carboxylic acids is 1. The molecule has 0 saturated carbocycles. The molecule has 0 fully saturated rings. The fraction of sp³-hybridized carbons (Fsp3) is 0.500. The van der Waals surface area contributed by atoms with Crippen molar-refractivity contribution in [2.24, 2.45) is 0 Å². The van der Waals surface area contributed by atoms with Crippen LogP contribution in [0.3, 0.4) is 0 Å². The first kappa shape index (κ1) is 14.0. The Morgan fingerprint density at radius 1 is 1.56 bits per heavy atom. The number of nitriles is 1. The average Bonchev–Trinajstić information content (AvgIpc) is 2.23. The van der Waals surface area contributed by atoms with Crippen molar-refractivity contribution in [1.29, 1.82) is 5.26 Å². The standard InChI is InChI=1S/C10H14N2O4/c1-2-16-10(15)8(6-11)7-12-5-3-4-9(13)14/h7,12H,2-5H2,1H3,(H,13,14). The van der Waals surface area contributed by atoms with Crippen molar-refractivity contribution in [1.82, 2.24) is 5.32 Å². The van der Waals surface area contributed by atoms with Gasteiger partial charge in [0.2, 0.25) is 0 Å². The van der Waals surface area contributed by atoms with Crippen LogP contribution >= 0.6 is 0 Å². The minimum Gasteiger partial charge on any atom is -0.481 e. The highest BCUT2D eigenvalue weighted by Gasteiger charge is 2.08. The lowest BCUT2D eigenvalue weighted by atomic mass is 10.3. The molecule has 0 radical (unpaired) electrons. The van der Waals surface area contributed by atoms with Gasteiger partial charge in [-0.25, -0.2) is 4.79 Å². The molecule has 88 valence electrons. The highest BCUT2D eigenvalue weighted by molar-refractivity contribution is 5.92. The summed E-state index contributed by atoms with van der Waals surface area (Å²) in [5.41, 5.74) is -0.128. The number of nitrogens with zero attached hydrogens (tertiary/aromatic N) is 1. The van der Waals surface area contributed by atoms with Gasteiger partial charge in [-0.3, -0.25) is 4.79 Å². The summed E-state index contributed by atoms with van der Waals surface area (Å²) in [7, 11) is 0. The topological polar surface area (TPSA) is 99.4 Å². The van der Waals surface area contributed by atoms with Gasteiger partial charge < -0.3 is 15.2 Å². The first-order valence-electron chi connectivity index (χ1n) is 4.84. The maximum absolute atomic E-state index is 11.1. The summed E-state index contributed by atoms with van der Waals surface area (Å²) >= 11 is 0. The lowest BCUT2D eigenvalue weighted by molar-refractivity contribution is -0.138. The molecule has 0 aromatic carbocycles. The van der Waals surface area contributed by atoms with Crippen molar-refractivity contribution in [2.45, 2.75) is 19.8 Å². The molecular weight excluding hydrogens is 212 g/mol. The normalized spacial score (nSPS) is 10.4. The zero-order chi connectivity index (χ0) is 12.4. The van der Waals surface area contributed by atoms with Crippen molar-refractivity contribution in [3.8, 4) is 6.07 Å². The van der Waals surface area contributed by atoms with E-state index < -0.39 is 11.9 Å². The molecule has 0 aromatic rings. The summed E-state index contributed by atoms with van der Waals surface area (Å²) in [5, 5.41) is 19.7. The molecule has 0 bridgehead atoms. The molecule has 0 saturated heterocycles. The van der Waals surface area contributed by atoms with Crippen molar-refractivity contribution >= 4 is 11.9 Å². The predicted molar refractivity (Wildman–Crippen MR) is 55.2 cm³/mol. The van der Waals surface area contributed by atoms with E-state index in [1.807, 2.05) is 0 Å². The molecule has 0 heterocycles. The highest BCUT2D eigenvalue weighted by Crippen LogP contribution is 1.95. The third-order valence-corrected chi connectivity index (χ3v) is 1.57. The Bertz CT molecular complexity index is 317. The average molecular weight is 226 g/mol. The van der Waals surface area contributed by atoms with E-state index in [9.17, 15) is 9.59 Å². The van der Waals surface area contributed by atoms with Gasteiger partial charge in [0, 0.05) is 19.2 Å². The number of hydrogen-bond donors (Lipinski definition) is 2. The van der Waals surface area contributed by atoms with Crippen molar-refractivity contribution in [3.05, 3.63) is 11.8 Å². The number of carboxylic acids is 1. The molecule has 0 aliphatic heterocycles. The number of esters is 1. The molecule has 0 aliphatic rings. The smallest absolute Gasteiger partial charge is 0.350 e. The van der Waals surface area contributed by atoms with Gasteiger partial charge in [-0.15, -0.1) is 0 Å². The lowest BCUT2D eigenvalue weighted by Gasteiger charge is -2.01. The summed E-state index contributed by atoms with van der Waals surface area (Å²) in [4.78, 5) is 21.3. The Morgan fingerprint density at radius 2 is 2.25 bits per heavy atom. The molecule has 16 heavy (non-hydrogen) atoms. The van der Waals surface area contributed by atoms with Crippen LogP contribution in [0.25, 0.3) is 0 Å². The SMILES string of the molecule is CCOC(=O)C(C#N)=CNCCCC(=O)O. The van der Waals surface area contributed by atoms with E-state index in [2.05, 4.69) is 10.1 Å². The summed E-state index contributed by atoms with van der Waals surface area (Å²) in [6.07, 6.45) is 1.70. The van der Waals surface area contributed by atoms with Gasteiger partial charge in [0.05, 0.1) is 6.61 Å². The third-order valence-electron chi connectivity index (χ3n) is 1.57. The van der Waals surface area contributed by atoms with E-state index in [4.69, 9.17) is 10.4 Å². The summed E-state index contributed by atoms with van der Waals surface area (Å²) in [6, 6.07) is 1.69. The van der Waals surface area contributed by atoms with Gasteiger partial charge in [0.25, 0.3) is 0 Å². The van der Waals surface area contributed by atoms with E-state index in [-0.39, 0.29) is 18.6 Å². The van der Waals surface area contributed by atoms with E-state index >= 15 is 0 Å². The minimum atomic E-state index is -0.878. The fourth-order valence-electron chi connectivity index (χ4n) is 0.862.